The molecule has 1 aliphatic heterocycles. The summed E-state index contributed by atoms with van der Waals surface area (Å²) in [7, 11) is 3.05. The zero-order valence-corrected chi connectivity index (χ0v) is 15.8. The Balaban J connectivity index is 1.80. The summed E-state index contributed by atoms with van der Waals surface area (Å²) in [6, 6.07) is 6.70. The first-order chi connectivity index (χ1) is 13.5. The molecule has 4 heterocycles. The van der Waals surface area contributed by atoms with Gasteiger partial charge in [0.15, 0.2) is 0 Å². The van der Waals surface area contributed by atoms with Crippen LogP contribution < -0.4 is 11.2 Å². The molecule has 0 N–H and O–H groups in total. The number of hydrogen-bond acceptors (Lipinski definition) is 5. The fraction of sp³-hybridized carbons (Fsp3) is 0.350. The number of pyridine rings is 2. The average molecular weight is 379 g/mol. The van der Waals surface area contributed by atoms with E-state index in [1.165, 1.54) is 11.6 Å². The number of rotatable bonds is 2. The number of piperidine rings is 1. The van der Waals surface area contributed by atoms with Crippen LogP contribution in [0.15, 0.2) is 46.2 Å². The highest BCUT2D eigenvalue weighted by Gasteiger charge is 2.30. The van der Waals surface area contributed by atoms with Gasteiger partial charge < -0.3 is 4.90 Å². The molecule has 8 heteroatoms. The van der Waals surface area contributed by atoms with Crippen LogP contribution in [0.4, 0.5) is 0 Å². The Kier molecular flexibility index (Phi) is 4.54. The molecular weight excluding hydrogens is 358 g/mol. The Morgan fingerprint density at radius 1 is 1.04 bits per heavy atom. The van der Waals surface area contributed by atoms with Crippen LogP contribution in [0.2, 0.25) is 0 Å². The standard InChI is InChI=1S/C20H21N5O3/c1-23-17-14(19(27)24(2)20(23)28)6-7-15(22-17)16-5-3-4-12-25(16)18(26)13-8-10-21-11-9-13/h6-11,16H,3-5,12H2,1-2H3/t16-/m1/s1. The fourth-order valence-electron chi connectivity index (χ4n) is 3.80. The molecule has 3 aromatic heterocycles. The lowest BCUT2D eigenvalue weighted by Crippen LogP contribution is -2.40. The van der Waals surface area contributed by atoms with Crippen LogP contribution in [0.3, 0.4) is 0 Å². The number of nitrogens with zero attached hydrogens (tertiary/aromatic N) is 5. The molecule has 28 heavy (non-hydrogen) atoms. The monoisotopic (exact) mass is 379 g/mol. The van der Waals surface area contributed by atoms with Gasteiger partial charge in [-0.3, -0.25) is 23.7 Å². The topological polar surface area (TPSA) is 90.1 Å². The van der Waals surface area contributed by atoms with E-state index in [9.17, 15) is 14.4 Å². The quantitative estimate of drug-likeness (QED) is 0.671. The van der Waals surface area contributed by atoms with E-state index < -0.39 is 5.69 Å². The molecular formula is C20H21N5O3. The van der Waals surface area contributed by atoms with Crippen molar-refractivity contribution in [3.8, 4) is 0 Å². The number of fused-ring (bicyclic) bond motifs is 1. The van der Waals surface area contributed by atoms with Crippen molar-refractivity contribution >= 4 is 16.9 Å². The minimum Gasteiger partial charge on any atom is -0.330 e. The van der Waals surface area contributed by atoms with E-state index >= 15 is 0 Å². The van der Waals surface area contributed by atoms with Gasteiger partial charge in [-0.1, -0.05) is 0 Å². The van der Waals surface area contributed by atoms with Gasteiger partial charge in [-0.2, -0.15) is 0 Å². The second kappa shape index (κ2) is 7.03. The maximum absolute atomic E-state index is 13.0. The van der Waals surface area contributed by atoms with Crippen LogP contribution in [0.1, 0.15) is 41.4 Å². The Morgan fingerprint density at radius 2 is 1.79 bits per heavy atom. The summed E-state index contributed by atoms with van der Waals surface area (Å²) in [4.78, 5) is 48.1. The lowest BCUT2D eigenvalue weighted by molar-refractivity contribution is 0.0606. The molecule has 1 fully saturated rings. The highest BCUT2D eigenvalue weighted by Crippen LogP contribution is 2.31. The van der Waals surface area contributed by atoms with Gasteiger partial charge in [0.05, 0.1) is 17.1 Å². The summed E-state index contributed by atoms with van der Waals surface area (Å²) >= 11 is 0. The van der Waals surface area contributed by atoms with Gasteiger partial charge in [-0.25, -0.2) is 9.78 Å². The fourth-order valence-corrected chi connectivity index (χ4v) is 3.80. The minimum absolute atomic E-state index is 0.0631. The molecule has 3 aromatic rings. The number of aryl methyl sites for hydroxylation is 1. The van der Waals surface area contributed by atoms with Crippen molar-refractivity contribution in [1.29, 1.82) is 0 Å². The Labute approximate surface area is 161 Å². The molecule has 1 amide bonds. The number of carbonyl (C=O) groups excluding carboxylic acids is 1. The van der Waals surface area contributed by atoms with Gasteiger partial charge in [-0.15, -0.1) is 0 Å². The number of likely N-dealkylation sites (tertiary alicyclic amines) is 1. The molecule has 0 radical (unpaired) electrons. The maximum Gasteiger partial charge on any atom is 0.332 e. The van der Waals surface area contributed by atoms with Crippen molar-refractivity contribution in [2.24, 2.45) is 14.1 Å². The maximum atomic E-state index is 13.0. The largest absolute Gasteiger partial charge is 0.332 e. The molecule has 0 bridgehead atoms. The van der Waals surface area contributed by atoms with E-state index in [0.717, 1.165) is 23.8 Å². The zero-order valence-electron chi connectivity index (χ0n) is 15.8. The second-order valence-corrected chi connectivity index (χ2v) is 7.06. The van der Waals surface area contributed by atoms with Crippen LogP contribution >= 0.6 is 0 Å². The van der Waals surface area contributed by atoms with Crippen LogP contribution in [-0.4, -0.2) is 36.5 Å². The Bertz CT molecular complexity index is 1170. The minimum atomic E-state index is -0.421. The van der Waals surface area contributed by atoms with Gasteiger partial charge in [0.2, 0.25) is 0 Å². The normalized spacial score (nSPS) is 17.1. The molecule has 0 unspecified atom stereocenters. The SMILES string of the molecule is Cn1c(=O)c2ccc([C@H]3CCCCN3C(=O)c3ccncc3)nc2n(C)c1=O. The predicted octanol–water partition coefficient (Wildman–Crippen LogP) is 1.39. The third-order valence-corrected chi connectivity index (χ3v) is 5.36. The van der Waals surface area contributed by atoms with Crippen LogP contribution in [0.5, 0.6) is 0 Å². The van der Waals surface area contributed by atoms with Crippen molar-refractivity contribution < 1.29 is 4.79 Å². The summed E-state index contributed by atoms with van der Waals surface area (Å²) in [6.07, 6.45) is 5.91. The molecule has 8 nitrogen and oxygen atoms in total. The van der Waals surface area contributed by atoms with Crippen LogP contribution in [-0.2, 0) is 14.1 Å². The third kappa shape index (κ3) is 2.90. The van der Waals surface area contributed by atoms with E-state index in [1.807, 2.05) is 4.90 Å². The zero-order chi connectivity index (χ0) is 19.8. The number of amides is 1. The van der Waals surface area contributed by atoms with Crippen LogP contribution in [0.25, 0.3) is 11.0 Å². The third-order valence-electron chi connectivity index (χ3n) is 5.36. The summed E-state index contributed by atoms with van der Waals surface area (Å²) in [5.74, 6) is -0.0631. The molecule has 144 valence electrons. The van der Waals surface area contributed by atoms with Crippen molar-refractivity contribution in [3.05, 3.63) is 68.8 Å². The van der Waals surface area contributed by atoms with Crippen molar-refractivity contribution in [1.82, 2.24) is 24.0 Å². The highest BCUT2D eigenvalue weighted by molar-refractivity contribution is 5.94. The molecule has 0 aromatic carbocycles. The first-order valence-electron chi connectivity index (χ1n) is 9.26. The van der Waals surface area contributed by atoms with Crippen molar-refractivity contribution in [2.45, 2.75) is 25.3 Å². The van der Waals surface area contributed by atoms with Gasteiger partial charge in [0, 0.05) is 38.6 Å². The molecule has 1 aliphatic rings. The van der Waals surface area contributed by atoms with E-state index in [1.54, 1.807) is 43.7 Å². The lowest BCUT2D eigenvalue weighted by Gasteiger charge is -2.35. The van der Waals surface area contributed by atoms with E-state index in [4.69, 9.17) is 0 Å². The van der Waals surface area contributed by atoms with Gasteiger partial charge >= 0.3 is 5.69 Å². The van der Waals surface area contributed by atoms with Gasteiger partial charge in [0.1, 0.15) is 5.65 Å². The van der Waals surface area contributed by atoms with Gasteiger partial charge in [0.25, 0.3) is 11.5 Å². The number of hydrogen-bond donors (Lipinski definition) is 0. The first-order valence-corrected chi connectivity index (χ1v) is 9.26. The molecule has 0 spiro atoms. The van der Waals surface area contributed by atoms with Crippen molar-refractivity contribution in [2.75, 3.05) is 6.54 Å². The molecule has 1 atom stereocenters. The first kappa shape index (κ1) is 18.1. The predicted molar refractivity (Wildman–Crippen MR) is 104 cm³/mol. The highest BCUT2D eigenvalue weighted by atomic mass is 16.2. The lowest BCUT2D eigenvalue weighted by atomic mass is 9.97. The number of carbonyl (C=O) groups is 1. The van der Waals surface area contributed by atoms with Crippen LogP contribution in [0, 0.1) is 0 Å². The molecule has 0 aliphatic carbocycles. The number of aromatic nitrogens is 4. The average Bonchev–Trinajstić information content (AvgIpc) is 2.76. The summed E-state index contributed by atoms with van der Waals surface area (Å²) in [6.45, 7) is 0.640. The molecule has 1 saturated heterocycles. The smallest absolute Gasteiger partial charge is 0.330 e. The summed E-state index contributed by atoms with van der Waals surface area (Å²) in [5, 5.41) is 0.385. The van der Waals surface area contributed by atoms with E-state index in [2.05, 4.69) is 9.97 Å². The Hall–Kier alpha value is -3.29. The molecule has 4 rings (SSSR count). The second-order valence-electron chi connectivity index (χ2n) is 7.06. The Morgan fingerprint density at radius 3 is 2.54 bits per heavy atom. The van der Waals surface area contributed by atoms with Crippen molar-refractivity contribution in [3.63, 3.8) is 0 Å². The van der Waals surface area contributed by atoms with E-state index in [0.29, 0.717) is 28.8 Å². The molecule has 0 saturated carbocycles. The van der Waals surface area contributed by atoms with Gasteiger partial charge in [-0.05, 0) is 43.5 Å². The van der Waals surface area contributed by atoms with E-state index in [-0.39, 0.29) is 17.5 Å². The summed E-state index contributed by atoms with van der Waals surface area (Å²) < 4.78 is 2.45. The summed E-state index contributed by atoms with van der Waals surface area (Å²) in [5.41, 5.74) is 0.829.